The van der Waals surface area contributed by atoms with E-state index in [0.29, 0.717) is 5.16 Å². The number of nitrogens with zero attached hydrogens (tertiary/aromatic N) is 1. The van der Waals surface area contributed by atoms with Gasteiger partial charge in [0.25, 0.3) is 5.56 Å². The van der Waals surface area contributed by atoms with E-state index in [0.717, 1.165) is 0 Å². The summed E-state index contributed by atoms with van der Waals surface area (Å²) in [7, 11) is 0. The summed E-state index contributed by atoms with van der Waals surface area (Å²) in [5.41, 5.74) is -0.388. The average molecular weight is 319 g/mol. The number of aromatic amines is 1. The van der Waals surface area contributed by atoms with Crippen LogP contribution in [0.15, 0.2) is 16.0 Å². The number of hydrogen-bond donors (Lipinski definition) is 6. The van der Waals surface area contributed by atoms with Crippen molar-refractivity contribution in [2.45, 2.75) is 35.8 Å². The SMILES string of the molecule is CSc1nc(N[C@@H]2O[C@@H](CO)[C@@H](O)[C@@H](O)[C@@H]2O)cc(=O)[nH]1. The number of aromatic nitrogens is 2. The van der Waals surface area contributed by atoms with E-state index in [1.807, 2.05) is 0 Å². The summed E-state index contributed by atoms with van der Waals surface area (Å²) >= 11 is 1.23. The van der Waals surface area contributed by atoms with E-state index < -0.39 is 37.3 Å². The lowest BCUT2D eigenvalue weighted by atomic mass is 9.98. The first-order chi connectivity index (χ1) is 9.96. The highest BCUT2D eigenvalue weighted by molar-refractivity contribution is 7.98. The third kappa shape index (κ3) is 3.54. The summed E-state index contributed by atoms with van der Waals surface area (Å²) < 4.78 is 5.27. The average Bonchev–Trinajstić information content (AvgIpc) is 2.47. The highest BCUT2D eigenvalue weighted by Crippen LogP contribution is 2.22. The van der Waals surface area contributed by atoms with Crippen molar-refractivity contribution in [2.24, 2.45) is 0 Å². The smallest absolute Gasteiger partial charge is 0.253 e. The number of aliphatic hydroxyl groups is 4. The highest BCUT2D eigenvalue weighted by Gasteiger charge is 2.43. The van der Waals surface area contributed by atoms with Crippen molar-refractivity contribution >= 4 is 17.6 Å². The zero-order valence-electron chi connectivity index (χ0n) is 11.1. The molecule has 2 rings (SSSR count). The molecule has 118 valence electrons. The molecule has 0 spiro atoms. The minimum atomic E-state index is -1.49. The lowest BCUT2D eigenvalue weighted by Crippen LogP contribution is -2.60. The molecule has 21 heavy (non-hydrogen) atoms. The van der Waals surface area contributed by atoms with Gasteiger partial charge in [0.1, 0.15) is 30.2 Å². The Labute approximate surface area is 124 Å². The van der Waals surface area contributed by atoms with E-state index in [-0.39, 0.29) is 11.4 Å². The van der Waals surface area contributed by atoms with Crippen molar-refractivity contribution in [3.63, 3.8) is 0 Å². The van der Waals surface area contributed by atoms with Crippen molar-refractivity contribution in [3.05, 3.63) is 16.4 Å². The second-order valence-electron chi connectivity index (χ2n) is 4.53. The van der Waals surface area contributed by atoms with E-state index in [1.54, 1.807) is 6.26 Å². The van der Waals surface area contributed by atoms with Gasteiger partial charge in [0, 0.05) is 6.07 Å². The van der Waals surface area contributed by atoms with Gasteiger partial charge in [0.05, 0.1) is 6.61 Å². The van der Waals surface area contributed by atoms with E-state index in [2.05, 4.69) is 15.3 Å². The molecule has 2 heterocycles. The Kier molecular flexibility index (Phi) is 5.19. The zero-order valence-corrected chi connectivity index (χ0v) is 11.9. The van der Waals surface area contributed by atoms with Gasteiger partial charge in [-0.2, -0.15) is 0 Å². The molecule has 0 bridgehead atoms. The van der Waals surface area contributed by atoms with Gasteiger partial charge in [-0.1, -0.05) is 11.8 Å². The van der Waals surface area contributed by atoms with Crippen molar-refractivity contribution in [1.82, 2.24) is 9.97 Å². The maximum Gasteiger partial charge on any atom is 0.253 e. The number of nitrogens with one attached hydrogen (secondary N) is 2. The number of anilines is 1. The Bertz CT molecular complexity index is 539. The molecule has 10 heteroatoms. The molecule has 1 aromatic rings. The fraction of sp³-hybridized carbons (Fsp3) is 0.636. The molecule has 6 N–H and O–H groups in total. The Hall–Kier alpha value is -1.17. The lowest BCUT2D eigenvalue weighted by Gasteiger charge is -2.40. The van der Waals surface area contributed by atoms with Crippen LogP contribution >= 0.6 is 11.8 Å². The van der Waals surface area contributed by atoms with E-state index >= 15 is 0 Å². The van der Waals surface area contributed by atoms with Crippen molar-refractivity contribution < 1.29 is 25.2 Å². The molecule has 9 nitrogen and oxygen atoms in total. The van der Waals surface area contributed by atoms with Gasteiger partial charge >= 0.3 is 0 Å². The Morgan fingerprint density at radius 1 is 1.38 bits per heavy atom. The lowest BCUT2D eigenvalue weighted by molar-refractivity contribution is -0.221. The topological polar surface area (TPSA) is 148 Å². The third-order valence-corrected chi connectivity index (χ3v) is 3.68. The molecule has 0 saturated carbocycles. The van der Waals surface area contributed by atoms with Gasteiger partial charge in [-0.15, -0.1) is 0 Å². The van der Waals surface area contributed by atoms with E-state index in [1.165, 1.54) is 17.8 Å². The van der Waals surface area contributed by atoms with Gasteiger partial charge < -0.3 is 35.5 Å². The monoisotopic (exact) mass is 319 g/mol. The number of aliphatic hydroxyl groups excluding tert-OH is 4. The first-order valence-electron chi connectivity index (χ1n) is 6.18. The van der Waals surface area contributed by atoms with Crippen LogP contribution in [0.25, 0.3) is 0 Å². The molecule has 1 fully saturated rings. The van der Waals surface area contributed by atoms with Gasteiger partial charge in [0.2, 0.25) is 0 Å². The number of H-pyrrole nitrogens is 1. The number of rotatable bonds is 4. The molecule has 0 aliphatic carbocycles. The predicted molar refractivity (Wildman–Crippen MR) is 74.0 cm³/mol. The quantitative estimate of drug-likeness (QED) is 0.266. The largest absolute Gasteiger partial charge is 0.394 e. The molecule has 1 aliphatic heterocycles. The summed E-state index contributed by atoms with van der Waals surface area (Å²) in [4.78, 5) is 18.0. The molecule has 1 saturated heterocycles. The van der Waals surface area contributed by atoms with Gasteiger partial charge in [-0.3, -0.25) is 4.79 Å². The molecule has 1 aliphatic rings. The molecule has 0 unspecified atom stereocenters. The molecule has 1 aromatic heterocycles. The fourth-order valence-electron chi connectivity index (χ4n) is 1.97. The van der Waals surface area contributed by atoms with Crippen molar-refractivity contribution in [1.29, 1.82) is 0 Å². The predicted octanol–water partition coefficient (Wildman–Crippen LogP) is -2.30. The van der Waals surface area contributed by atoms with Gasteiger partial charge in [0.15, 0.2) is 11.4 Å². The van der Waals surface area contributed by atoms with Crippen LogP contribution in [-0.2, 0) is 4.74 Å². The summed E-state index contributed by atoms with van der Waals surface area (Å²) in [6, 6.07) is 1.17. The summed E-state index contributed by atoms with van der Waals surface area (Å²) in [5, 5.41) is 41.4. The Morgan fingerprint density at radius 3 is 2.71 bits per heavy atom. The highest BCUT2D eigenvalue weighted by atomic mass is 32.2. The second-order valence-corrected chi connectivity index (χ2v) is 5.33. The number of thioether (sulfide) groups is 1. The van der Waals surface area contributed by atoms with Crippen LogP contribution in [0, 0.1) is 0 Å². The molecule has 0 radical (unpaired) electrons. The minimum absolute atomic E-state index is 0.146. The molecule has 5 atom stereocenters. The summed E-state index contributed by atoms with van der Waals surface area (Å²) in [5.74, 6) is 0.146. The first kappa shape index (κ1) is 16.2. The minimum Gasteiger partial charge on any atom is -0.394 e. The van der Waals surface area contributed by atoms with Crippen LogP contribution in [0.2, 0.25) is 0 Å². The third-order valence-electron chi connectivity index (χ3n) is 3.10. The molecule has 0 amide bonds. The van der Waals surface area contributed by atoms with Crippen LogP contribution in [-0.4, -0.2) is 73.9 Å². The van der Waals surface area contributed by atoms with Crippen LogP contribution in [0.3, 0.4) is 0 Å². The van der Waals surface area contributed by atoms with Gasteiger partial charge in [-0.05, 0) is 6.26 Å². The van der Waals surface area contributed by atoms with Crippen LogP contribution in [0.1, 0.15) is 0 Å². The van der Waals surface area contributed by atoms with Crippen molar-refractivity contribution in [3.8, 4) is 0 Å². The van der Waals surface area contributed by atoms with Crippen LogP contribution in [0.4, 0.5) is 5.82 Å². The van der Waals surface area contributed by atoms with Crippen LogP contribution in [0.5, 0.6) is 0 Å². The first-order valence-corrected chi connectivity index (χ1v) is 7.41. The van der Waals surface area contributed by atoms with Crippen LogP contribution < -0.4 is 10.9 Å². The van der Waals surface area contributed by atoms with Gasteiger partial charge in [-0.25, -0.2) is 4.98 Å². The Morgan fingerprint density at radius 2 is 2.10 bits per heavy atom. The Balaban J connectivity index is 2.18. The molecular formula is C11H17N3O6S. The molecule has 0 aromatic carbocycles. The second kappa shape index (κ2) is 6.73. The number of ether oxygens (including phenoxy) is 1. The summed E-state index contributed by atoms with van der Waals surface area (Å²) in [6.07, 6.45) is -4.78. The normalized spacial score (nSPS) is 32.9. The van der Waals surface area contributed by atoms with Crippen molar-refractivity contribution in [2.75, 3.05) is 18.2 Å². The molecular weight excluding hydrogens is 302 g/mol. The fourth-order valence-corrected chi connectivity index (χ4v) is 2.36. The number of hydrogen-bond acceptors (Lipinski definition) is 9. The zero-order chi connectivity index (χ0) is 15.6. The maximum atomic E-state index is 11.4. The maximum absolute atomic E-state index is 11.4. The standard InChI is InChI=1S/C11H17N3O6S/c1-21-11-13-5(2-6(16)14-11)12-10-9(19)8(18)7(17)4(3-15)20-10/h2,4,7-10,15,17-19H,3H2,1H3,(H2,12,13,14,16)/t4-,7+,8+,9-,10+/m0/s1. The van der Waals surface area contributed by atoms with E-state index in [9.17, 15) is 20.1 Å². The summed E-state index contributed by atoms with van der Waals surface area (Å²) in [6.45, 7) is -0.526. The van der Waals surface area contributed by atoms with E-state index in [4.69, 9.17) is 9.84 Å².